The van der Waals surface area contributed by atoms with Gasteiger partial charge in [-0.05, 0) is 43.0 Å². The Morgan fingerprint density at radius 2 is 1.94 bits per heavy atom. The highest BCUT2D eigenvalue weighted by Gasteiger charge is 2.18. The number of benzene rings is 1. The summed E-state index contributed by atoms with van der Waals surface area (Å²) in [5.74, 6) is 0. The van der Waals surface area contributed by atoms with Gasteiger partial charge in [0.05, 0.1) is 4.90 Å². The number of nitrogens with two attached hydrogens (primary N) is 1. The van der Waals surface area contributed by atoms with Crippen molar-refractivity contribution in [1.82, 2.24) is 4.72 Å². The molecule has 1 aromatic rings. The summed E-state index contributed by atoms with van der Waals surface area (Å²) in [5.41, 5.74) is 8.17. The van der Waals surface area contributed by atoms with Gasteiger partial charge in [-0.1, -0.05) is 19.4 Å². The van der Waals surface area contributed by atoms with E-state index in [1.807, 2.05) is 26.8 Å². The Bertz CT molecular complexity index is 510. The summed E-state index contributed by atoms with van der Waals surface area (Å²) < 4.78 is 27.0. The van der Waals surface area contributed by atoms with Crippen molar-refractivity contribution in [3.8, 4) is 0 Å². The van der Waals surface area contributed by atoms with Crippen LogP contribution in [0.2, 0.25) is 0 Å². The highest BCUT2D eigenvalue weighted by Crippen LogP contribution is 2.20. The minimum atomic E-state index is -3.42. The number of hydrogen-bond acceptors (Lipinski definition) is 3. The molecular weight excluding hydrogens is 248 g/mol. The lowest BCUT2D eigenvalue weighted by atomic mass is 10.1. The molecule has 4 nitrogen and oxygen atoms in total. The fourth-order valence-corrected chi connectivity index (χ4v) is 3.20. The van der Waals surface area contributed by atoms with Crippen molar-refractivity contribution < 1.29 is 8.42 Å². The van der Waals surface area contributed by atoms with Crippen molar-refractivity contribution in [3.05, 3.63) is 28.8 Å². The number of rotatable bonds is 6. The number of sulfonamides is 1. The van der Waals surface area contributed by atoms with E-state index < -0.39 is 10.0 Å². The summed E-state index contributed by atoms with van der Waals surface area (Å²) >= 11 is 0. The van der Waals surface area contributed by atoms with Gasteiger partial charge in [0.2, 0.25) is 10.0 Å². The van der Waals surface area contributed by atoms with Crippen molar-refractivity contribution in [2.45, 2.75) is 45.1 Å². The summed E-state index contributed by atoms with van der Waals surface area (Å²) in [6.45, 7) is 6.57. The van der Waals surface area contributed by atoms with Gasteiger partial charge in [-0.25, -0.2) is 13.1 Å². The van der Waals surface area contributed by atoms with Gasteiger partial charge >= 0.3 is 0 Å². The molecule has 0 spiro atoms. The van der Waals surface area contributed by atoms with Gasteiger partial charge in [-0.2, -0.15) is 0 Å². The summed E-state index contributed by atoms with van der Waals surface area (Å²) in [4.78, 5) is 0.346. The van der Waals surface area contributed by atoms with Crippen molar-refractivity contribution in [2.24, 2.45) is 5.73 Å². The molecule has 0 aliphatic carbocycles. The molecule has 0 saturated carbocycles. The van der Waals surface area contributed by atoms with Crippen LogP contribution in [0, 0.1) is 13.8 Å². The molecule has 18 heavy (non-hydrogen) atoms. The summed E-state index contributed by atoms with van der Waals surface area (Å²) in [6, 6.07) is 3.59. The van der Waals surface area contributed by atoms with Crippen LogP contribution in [0.15, 0.2) is 17.0 Å². The first kappa shape index (κ1) is 15.1. The molecule has 0 aliphatic rings. The molecule has 3 N–H and O–H groups in total. The number of unbranched alkanes of at least 4 members (excludes halogenated alkanes) is 1. The van der Waals surface area contributed by atoms with E-state index in [4.69, 9.17) is 5.73 Å². The van der Waals surface area contributed by atoms with Crippen molar-refractivity contribution in [2.75, 3.05) is 6.54 Å². The smallest absolute Gasteiger partial charge is 0.240 e. The highest BCUT2D eigenvalue weighted by atomic mass is 32.2. The Morgan fingerprint density at radius 1 is 1.28 bits per heavy atom. The Hall–Kier alpha value is -0.910. The SMILES string of the molecule is CCCCNS(=O)(=O)c1cc(CN)cc(C)c1C. The van der Waals surface area contributed by atoms with E-state index >= 15 is 0 Å². The van der Waals surface area contributed by atoms with Crippen LogP contribution in [-0.4, -0.2) is 15.0 Å². The largest absolute Gasteiger partial charge is 0.326 e. The quantitative estimate of drug-likeness (QED) is 0.775. The maximum Gasteiger partial charge on any atom is 0.240 e. The molecule has 1 aromatic carbocycles. The Balaban J connectivity index is 3.11. The second-order valence-corrected chi connectivity index (χ2v) is 6.23. The van der Waals surface area contributed by atoms with Crippen LogP contribution in [0.25, 0.3) is 0 Å². The summed E-state index contributed by atoms with van der Waals surface area (Å²) in [7, 11) is -3.42. The third-order valence-electron chi connectivity index (χ3n) is 3.03. The maximum atomic E-state index is 12.2. The fourth-order valence-electron chi connectivity index (χ4n) is 1.76. The molecular formula is C13H22N2O2S. The van der Waals surface area contributed by atoms with Gasteiger partial charge in [0.1, 0.15) is 0 Å². The molecule has 0 unspecified atom stereocenters. The molecule has 5 heteroatoms. The first-order chi connectivity index (χ1) is 8.42. The molecule has 0 atom stereocenters. The lowest BCUT2D eigenvalue weighted by Gasteiger charge is -2.13. The molecule has 0 aromatic heterocycles. The fraction of sp³-hybridized carbons (Fsp3) is 0.538. The van der Waals surface area contributed by atoms with E-state index in [9.17, 15) is 8.42 Å². The predicted molar refractivity (Wildman–Crippen MR) is 73.9 cm³/mol. The standard InChI is InChI=1S/C13H22N2O2S/c1-4-5-6-15-18(16,17)13-8-12(9-14)7-10(2)11(13)3/h7-8,15H,4-6,9,14H2,1-3H3. The molecule has 0 aliphatic heterocycles. The van der Waals surface area contributed by atoms with E-state index in [0.717, 1.165) is 29.5 Å². The molecule has 0 saturated heterocycles. The summed E-state index contributed by atoms with van der Waals surface area (Å²) in [6.07, 6.45) is 1.80. The Morgan fingerprint density at radius 3 is 2.50 bits per heavy atom. The summed E-state index contributed by atoms with van der Waals surface area (Å²) in [5, 5.41) is 0. The van der Waals surface area contributed by atoms with Crippen LogP contribution >= 0.6 is 0 Å². The third-order valence-corrected chi connectivity index (χ3v) is 4.61. The zero-order chi connectivity index (χ0) is 13.8. The third kappa shape index (κ3) is 3.54. The van der Waals surface area contributed by atoms with Crippen molar-refractivity contribution in [1.29, 1.82) is 0 Å². The second kappa shape index (κ2) is 6.31. The van der Waals surface area contributed by atoms with E-state index in [0.29, 0.717) is 18.0 Å². The van der Waals surface area contributed by atoms with Crippen molar-refractivity contribution in [3.63, 3.8) is 0 Å². The lowest BCUT2D eigenvalue weighted by molar-refractivity contribution is 0.577. The predicted octanol–water partition coefficient (Wildman–Crippen LogP) is 1.84. The number of nitrogens with one attached hydrogen (secondary N) is 1. The minimum absolute atomic E-state index is 0.346. The van der Waals surface area contributed by atoms with Gasteiger partial charge in [0.25, 0.3) is 0 Å². The van der Waals surface area contributed by atoms with Gasteiger partial charge in [-0.15, -0.1) is 0 Å². The lowest BCUT2D eigenvalue weighted by Crippen LogP contribution is -2.26. The Kier molecular flexibility index (Phi) is 5.31. The van der Waals surface area contributed by atoms with Crippen LogP contribution in [-0.2, 0) is 16.6 Å². The van der Waals surface area contributed by atoms with Crippen LogP contribution in [0.1, 0.15) is 36.5 Å². The highest BCUT2D eigenvalue weighted by molar-refractivity contribution is 7.89. The molecule has 0 fully saturated rings. The average Bonchev–Trinajstić information content (AvgIpc) is 2.32. The Labute approximate surface area is 110 Å². The zero-order valence-corrected chi connectivity index (χ0v) is 12.1. The number of hydrogen-bond donors (Lipinski definition) is 2. The van der Waals surface area contributed by atoms with Crippen LogP contribution in [0.4, 0.5) is 0 Å². The van der Waals surface area contributed by atoms with Crippen LogP contribution < -0.4 is 10.5 Å². The van der Waals surface area contributed by atoms with Gasteiger partial charge < -0.3 is 5.73 Å². The van der Waals surface area contributed by atoms with E-state index in [2.05, 4.69) is 4.72 Å². The molecule has 0 bridgehead atoms. The monoisotopic (exact) mass is 270 g/mol. The molecule has 0 heterocycles. The maximum absolute atomic E-state index is 12.2. The molecule has 0 amide bonds. The van der Waals surface area contributed by atoms with E-state index in [1.54, 1.807) is 6.07 Å². The van der Waals surface area contributed by atoms with E-state index in [-0.39, 0.29) is 0 Å². The van der Waals surface area contributed by atoms with Gasteiger partial charge in [0.15, 0.2) is 0 Å². The first-order valence-corrected chi connectivity index (χ1v) is 7.70. The van der Waals surface area contributed by atoms with Crippen LogP contribution in [0.3, 0.4) is 0 Å². The average molecular weight is 270 g/mol. The zero-order valence-electron chi connectivity index (χ0n) is 11.3. The molecule has 0 radical (unpaired) electrons. The van der Waals surface area contributed by atoms with E-state index in [1.165, 1.54) is 0 Å². The van der Waals surface area contributed by atoms with Crippen molar-refractivity contribution >= 4 is 10.0 Å². The van der Waals surface area contributed by atoms with Gasteiger partial charge in [0, 0.05) is 13.1 Å². The van der Waals surface area contributed by atoms with Gasteiger partial charge in [-0.3, -0.25) is 0 Å². The molecule has 102 valence electrons. The molecule has 1 rings (SSSR count). The minimum Gasteiger partial charge on any atom is -0.326 e. The van der Waals surface area contributed by atoms with Crippen LogP contribution in [0.5, 0.6) is 0 Å². The number of aryl methyl sites for hydroxylation is 1. The first-order valence-electron chi connectivity index (χ1n) is 6.22. The normalized spacial score (nSPS) is 11.8. The topological polar surface area (TPSA) is 72.2 Å². The second-order valence-electron chi connectivity index (χ2n) is 4.49.